The Balaban J connectivity index is 0.000000604. The Morgan fingerprint density at radius 1 is 0.946 bits per heavy atom. The second kappa shape index (κ2) is 12.0. The summed E-state index contributed by atoms with van der Waals surface area (Å²) in [6, 6.07) is 8.72. The molecular formula is C22H26F3N3O8S. The number of carboxylic acid groups (broad SMARTS) is 2. The molecule has 0 radical (unpaired) electrons. The summed E-state index contributed by atoms with van der Waals surface area (Å²) in [6.07, 6.45) is -5.08. The molecule has 0 saturated carbocycles. The minimum Gasteiger partial charge on any atom is -0.493 e. The normalized spacial score (nSPS) is 14.3. The number of hydrogen-bond donors (Lipinski definition) is 3. The van der Waals surface area contributed by atoms with Gasteiger partial charge in [-0.05, 0) is 37.4 Å². The summed E-state index contributed by atoms with van der Waals surface area (Å²) in [6.45, 7) is 3.05. The molecule has 0 bridgehead atoms. The van der Waals surface area contributed by atoms with Gasteiger partial charge in [0.05, 0.1) is 36.1 Å². The molecular weight excluding hydrogens is 523 g/mol. The lowest BCUT2D eigenvalue weighted by molar-refractivity contribution is -0.192. The number of halogens is 3. The van der Waals surface area contributed by atoms with Gasteiger partial charge < -0.3 is 29.5 Å². The minimum absolute atomic E-state index is 0.00195. The van der Waals surface area contributed by atoms with E-state index >= 15 is 0 Å². The average Bonchev–Trinajstić information content (AvgIpc) is 2.83. The summed E-state index contributed by atoms with van der Waals surface area (Å²) in [5.74, 6) is -3.21. The Kier molecular flexibility index (Phi) is 9.58. The molecule has 11 nitrogen and oxygen atoms in total. The van der Waals surface area contributed by atoms with E-state index in [0.717, 1.165) is 13.1 Å². The van der Waals surface area contributed by atoms with Crippen molar-refractivity contribution in [2.45, 2.75) is 11.1 Å². The summed E-state index contributed by atoms with van der Waals surface area (Å²) in [5.41, 5.74) is 0.851. The zero-order valence-corrected chi connectivity index (χ0v) is 20.9. The fourth-order valence-electron chi connectivity index (χ4n) is 3.26. The van der Waals surface area contributed by atoms with Crippen molar-refractivity contribution in [1.82, 2.24) is 4.90 Å². The van der Waals surface area contributed by atoms with Gasteiger partial charge in [0.1, 0.15) is 0 Å². The van der Waals surface area contributed by atoms with E-state index in [1.165, 1.54) is 44.6 Å². The number of hydrogen-bond acceptors (Lipinski definition) is 8. The van der Waals surface area contributed by atoms with Crippen molar-refractivity contribution in [2.24, 2.45) is 0 Å². The van der Waals surface area contributed by atoms with Gasteiger partial charge >= 0.3 is 18.1 Å². The van der Waals surface area contributed by atoms with Crippen LogP contribution >= 0.6 is 0 Å². The van der Waals surface area contributed by atoms with Crippen LogP contribution < -0.4 is 19.1 Å². The van der Waals surface area contributed by atoms with Crippen LogP contribution in [0.3, 0.4) is 0 Å². The summed E-state index contributed by atoms with van der Waals surface area (Å²) >= 11 is 0. The third-order valence-corrected chi connectivity index (χ3v) is 6.60. The molecule has 2 aromatic rings. The second-order valence-corrected chi connectivity index (χ2v) is 9.44. The van der Waals surface area contributed by atoms with Crippen molar-refractivity contribution in [1.29, 1.82) is 0 Å². The van der Waals surface area contributed by atoms with E-state index in [9.17, 15) is 31.5 Å². The predicted molar refractivity (Wildman–Crippen MR) is 127 cm³/mol. The summed E-state index contributed by atoms with van der Waals surface area (Å²) in [4.78, 5) is 24.5. The Morgan fingerprint density at radius 2 is 1.51 bits per heavy atom. The number of likely N-dealkylation sites (N-methyl/N-ethyl adjacent to an activating group) is 1. The van der Waals surface area contributed by atoms with E-state index in [1.54, 1.807) is 6.07 Å². The van der Waals surface area contributed by atoms with Crippen LogP contribution in [-0.4, -0.2) is 89.1 Å². The molecule has 37 heavy (non-hydrogen) atoms. The van der Waals surface area contributed by atoms with Crippen molar-refractivity contribution < 1.29 is 50.9 Å². The number of nitrogens with zero attached hydrogens (tertiary/aromatic N) is 2. The van der Waals surface area contributed by atoms with Crippen molar-refractivity contribution in [3.8, 4) is 11.5 Å². The molecule has 0 amide bonds. The van der Waals surface area contributed by atoms with Crippen LogP contribution in [0.1, 0.15) is 10.4 Å². The quantitative estimate of drug-likeness (QED) is 0.471. The number of carbonyl (C=O) groups is 2. The van der Waals surface area contributed by atoms with Crippen molar-refractivity contribution >= 4 is 33.3 Å². The molecule has 204 valence electrons. The van der Waals surface area contributed by atoms with Gasteiger partial charge in [-0.1, -0.05) is 0 Å². The molecule has 3 N–H and O–H groups in total. The molecule has 15 heteroatoms. The predicted octanol–water partition coefficient (Wildman–Crippen LogP) is 2.59. The molecule has 0 atom stereocenters. The van der Waals surface area contributed by atoms with Gasteiger partial charge in [0.2, 0.25) is 0 Å². The highest BCUT2D eigenvalue weighted by molar-refractivity contribution is 7.92. The third kappa shape index (κ3) is 7.88. The molecule has 0 unspecified atom stereocenters. The molecule has 0 spiro atoms. The maximum absolute atomic E-state index is 13.1. The highest BCUT2D eigenvalue weighted by atomic mass is 32.2. The van der Waals surface area contributed by atoms with Crippen LogP contribution in [0, 0.1) is 0 Å². The number of methoxy groups -OCH3 is 2. The van der Waals surface area contributed by atoms with E-state index in [0.29, 0.717) is 24.5 Å². The van der Waals surface area contributed by atoms with E-state index in [4.69, 9.17) is 19.4 Å². The molecule has 1 heterocycles. The molecule has 1 aliphatic heterocycles. The Morgan fingerprint density at radius 3 is 2.00 bits per heavy atom. The number of aliphatic carboxylic acids is 1. The first-order valence-electron chi connectivity index (χ1n) is 10.6. The van der Waals surface area contributed by atoms with Gasteiger partial charge in [-0.3, -0.25) is 4.72 Å². The number of carboxylic acids is 2. The Labute approximate surface area is 211 Å². The molecule has 0 aliphatic carbocycles. The zero-order chi connectivity index (χ0) is 28.0. The summed E-state index contributed by atoms with van der Waals surface area (Å²) < 4.78 is 70.8. The van der Waals surface area contributed by atoms with Crippen molar-refractivity contribution in [3.05, 3.63) is 42.0 Å². The van der Waals surface area contributed by atoms with E-state index in [-0.39, 0.29) is 21.9 Å². The minimum atomic E-state index is -5.08. The number of anilines is 2. The number of aromatic carboxylic acids is 1. The van der Waals surface area contributed by atoms with Crippen LogP contribution in [0.5, 0.6) is 11.5 Å². The molecule has 1 saturated heterocycles. The molecule has 1 aliphatic rings. The van der Waals surface area contributed by atoms with Gasteiger partial charge in [-0.15, -0.1) is 0 Å². The Bertz CT molecular complexity index is 1230. The van der Waals surface area contributed by atoms with Crippen LogP contribution in [-0.2, 0) is 14.8 Å². The fraction of sp³-hybridized carbons (Fsp3) is 0.364. The van der Waals surface area contributed by atoms with Crippen LogP contribution in [0.4, 0.5) is 24.5 Å². The van der Waals surface area contributed by atoms with Gasteiger partial charge in [-0.25, -0.2) is 18.0 Å². The maximum atomic E-state index is 13.1. The van der Waals surface area contributed by atoms with E-state index in [2.05, 4.69) is 9.62 Å². The Hall–Kier alpha value is -3.72. The molecule has 3 rings (SSSR count). The highest BCUT2D eigenvalue weighted by Crippen LogP contribution is 2.33. The largest absolute Gasteiger partial charge is 0.493 e. The summed E-state index contributed by atoms with van der Waals surface area (Å²) in [5, 5.41) is 16.5. The fourth-order valence-corrected chi connectivity index (χ4v) is 4.34. The lowest BCUT2D eigenvalue weighted by Gasteiger charge is -2.35. The lowest BCUT2D eigenvalue weighted by Crippen LogP contribution is -2.44. The number of alkyl halides is 3. The number of sulfonamides is 1. The standard InChI is InChI=1S/C20H25N3O6S.C2HF3O2/c1-22-8-10-23(11-9-22)17-6-4-14(20(24)25)12-16(17)21-30(26,27)15-5-7-18(28-2)19(13-15)29-3;3-2(4,5)1(6)7/h4-7,12-13,21H,8-11H2,1-3H3,(H,24,25);(H,6,7). The van der Waals surface area contributed by atoms with E-state index in [1.807, 2.05) is 11.9 Å². The summed E-state index contributed by atoms with van der Waals surface area (Å²) in [7, 11) is 0.901. The average molecular weight is 550 g/mol. The molecule has 2 aromatic carbocycles. The first-order valence-corrected chi connectivity index (χ1v) is 12.0. The van der Waals surface area contributed by atoms with Crippen LogP contribution in [0.2, 0.25) is 0 Å². The van der Waals surface area contributed by atoms with E-state index < -0.39 is 28.1 Å². The maximum Gasteiger partial charge on any atom is 0.490 e. The number of nitrogens with one attached hydrogen (secondary N) is 1. The monoisotopic (exact) mass is 549 g/mol. The first-order chi connectivity index (χ1) is 17.2. The number of rotatable bonds is 7. The second-order valence-electron chi connectivity index (χ2n) is 7.75. The number of benzene rings is 2. The smallest absolute Gasteiger partial charge is 0.490 e. The van der Waals surface area contributed by atoms with Crippen LogP contribution in [0.25, 0.3) is 0 Å². The van der Waals surface area contributed by atoms with Gasteiger partial charge in [0.15, 0.2) is 11.5 Å². The number of piperazine rings is 1. The first kappa shape index (κ1) is 29.5. The van der Waals surface area contributed by atoms with Gasteiger partial charge in [0.25, 0.3) is 10.0 Å². The molecule has 1 fully saturated rings. The van der Waals surface area contributed by atoms with Gasteiger partial charge in [-0.2, -0.15) is 13.2 Å². The zero-order valence-electron chi connectivity index (χ0n) is 20.1. The topological polar surface area (TPSA) is 146 Å². The highest BCUT2D eigenvalue weighted by Gasteiger charge is 2.38. The molecule has 0 aromatic heterocycles. The van der Waals surface area contributed by atoms with Crippen LogP contribution in [0.15, 0.2) is 41.3 Å². The van der Waals surface area contributed by atoms with Crippen molar-refractivity contribution in [2.75, 3.05) is 57.1 Å². The van der Waals surface area contributed by atoms with Crippen molar-refractivity contribution in [3.63, 3.8) is 0 Å². The van der Waals surface area contributed by atoms with Gasteiger partial charge in [0, 0.05) is 32.2 Å². The number of ether oxygens (including phenoxy) is 2. The lowest BCUT2D eigenvalue weighted by atomic mass is 10.1. The SMILES string of the molecule is COc1ccc(S(=O)(=O)Nc2cc(C(=O)O)ccc2N2CCN(C)CC2)cc1OC.O=C(O)C(F)(F)F. The third-order valence-electron chi connectivity index (χ3n) is 5.24.